The van der Waals surface area contributed by atoms with Crippen molar-refractivity contribution in [3.8, 4) is 0 Å². The van der Waals surface area contributed by atoms with Crippen molar-refractivity contribution in [3.63, 3.8) is 0 Å². The van der Waals surface area contributed by atoms with Crippen LogP contribution < -0.4 is 16.6 Å². The highest BCUT2D eigenvalue weighted by atomic mass is 32.1. The number of fused-ring (bicyclic) bond motifs is 1. The van der Waals surface area contributed by atoms with Crippen LogP contribution in [0.5, 0.6) is 0 Å². The van der Waals surface area contributed by atoms with Gasteiger partial charge in [-0.15, -0.1) is 11.3 Å². The summed E-state index contributed by atoms with van der Waals surface area (Å²) in [6.07, 6.45) is 5.12. The second kappa shape index (κ2) is 9.60. The zero-order valence-electron chi connectivity index (χ0n) is 18.8. The Kier molecular flexibility index (Phi) is 6.83. The fourth-order valence-corrected chi connectivity index (χ4v) is 5.76. The van der Waals surface area contributed by atoms with E-state index in [0.29, 0.717) is 16.8 Å². The van der Waals surface area contributed by atoms with Gasteiger partial charge in [-0.05, 0) is 69.7 Å². The number of nitrogens with one attached hydrogen (secondary N) is 1. The fourth-order valence-electron chi connectivity index (χ4n) is 4.92. The smallest absolute Gasteiger partial charge is 0.332 e. The highest BCUT2D eigenvalue weighted by Crippen LogP contribution is 2.30. The van der Waals surface area contributed by atoms with Crippen LogP contribution in [0.2, 0.25) is 0 Å². The fraction of sp³-hybridized carbons (Fsp3) is 0.652. The normalized spacial score (nSPS) is 21.4. The molecule has 2 aliphatic rings. The number of carbonyl (C=O) groups is 2. The first-order valence-corrected chi connectivity index (χ1v) is 12.5. The van der Waals surface area contributed by atoms with Gasteiger partial charge in [0, 0.05) is 31.6 Å². The summed E-state index contributed by atoms with van der Waals surface area (Å²) in [6.45, 7) is 5.67. The van der Waals surface area contributed by atoms with E-state index in [-0.39, 0.29) is 41.8 Å². The minimum Gasteiger partial charge on any atom is -0.354 e. The molecular weight excluding hydrogens is 428 g/mol. The van der Waals surface area contributed by atoms with Crippen LogP contribution in [0.3, 0.4) is 0 Å². The van der Waals surface area contributed by atoms with E-state index in [1.165, 1.54) is 20.5 Å². The van der Waals surface area contributed by atoms with Crippen LogP contribution >= 0.6 is 11.3 Å². The Morgan fingerprint density at radius 1 is 1.09 bits per heavy atom. The van der Waals surface area contributed by atoms with Gasteiger partial charge in [0.15, 0.2) is 0 Å². The molecule has 0 bridgehead atoms. The second-order valence-electron chi connectivity index (χ2n) is 9.39. The monoisotopic (exact) mass is 460 g/mol. The van der Waals surface area contributed by atoms with Gasteiger partial charge < -0.3 is 10.2 Å². The summed E-state index contributed by atoms with van der Waals surface area (Å²) in [6, 6.07) is 1.88. The zero-order valence-corrected chi connectivity index (χ0v) is 19.7. The van der Waals surface area contributed by atoms with Crippen LogP contribution in [0.25, 0.3) is 10.2 Å². The summed E-state index contributed by atoms with van der Waals surface area (Å²) >= 11 is 1.31. The van der Waals surface area contributed by atoms with E-state index < -0.39 is 5.69 Å². The molecule has 1 aliphatic heterocycles. The predicted molar refractivity (Wildman–Crippen MR) is 125 cm³/mol. The van der Waals surface area contributed by atoms with E-state index in [4.69, 9.17) is 0 Å². The number of thiophene rings is 1. The molecule has 2 fully saturated rings. The maximum absolute atomic E-state index is 13.3. The van der Waals surface area contributed by atoms with Crippen LogP contribution in [0, 0.1) is 11.8 Å². The van der Waals surface area contributed by atoms with Crippen molar-refractivity contribution in [2.75, 3.05) is 13.1 Å². The lowest BCUT2D eigenvalue weighted by Crippen LogP contribution is -2.44. The molecule has 0 unspecified atom stereocenters. The highest BCUT2D eigenvalue weighted by Gasteiger charge is 2.28. The van der Waals surface area contributed by atoms with Gasteiger partial charge in [0.2, 0.25) is 11.8 Å². The van der Waals surface area contributed by atoms with Crippen LogP contribution in [0.4, 0.5) is 0 Å². The summed E-state index contributed by atoms with van der Waals surface area (Å²) in [5, 5.41) is 4.78. The van der Waals surface area contributed by atoms with Gasteiger partial charge >= 0.3 is 5.69 Å². The van der Waals surface area contributed by atoms with Crippen molar-refractivity contribution in [3.05, 3.63) is 32.3 Å². The quantitative estimate of drug-likeness (QED) is 0.715. The Hall–Kier alpha value is -2.42. The first-order valence-electron chi connectivity index (χ1n) is 11.6. The molecule has 1 saturated heterocycles. The lowest BCUT2D eigenvalue weighted by Gasteiger charge is -2.28. The van der Waals surface area contributed by atoms with Gasteiger partial charge in [-0.2, -0.15) is 0 Å². The van der Waals surface area contributed by atoms with Gasteiger partial charge in [-0.3, -0.25) is 23.5 Å². The Bertz CT molecular complexity index is 1100. The molecular formula is C23H32N4O4S. The van der Waals surface area contributed by atoms with Gasteiger partial charge in [0.1, 0.15) is 11.2 Å². The zero-order chi connectivity index (χ0) is 22.8. The van der Waals surface area contributed by atoms with E-state index in [1.54, 1.807) is 16.3 Å². The molecule has 2 aromatic rings. The summed E-state index contributed by atoms with van der Waals surface area (Å²) in [7, 11) is 0. The average Bonchev–Trinajstić information content (AvgIpc) is 3.46. The molecule has 1 aliphatic carbocycles. The van der Waals surface area contributed by atoms with Gasteiger partial charge in [0.05, 0.1) is 5.52 Å². The van der Waals surface area contributed by atoms with Crippen molar-refractivity contribution < 1.29 is 9.59 Å². The molecule has 1 N–H and O–H groups in total. The molecule has 32 heavy (non-hydrogen) atoms. The summed E-state index contributed by atoms with van der Waals surface area (Å²) in [5.41, 5.74) is -0.138. The molecule has 0 radical (unpaired) electrons. The minimum absolute atomic E-state index is 0.000103. The number of hydrogen-bond donors (Lipinski definition) is 1. The number of likely N-dealkylation sites (tertiary alicyclic amines) is 1. The number of amides is 2. The molecule has 0 aromatic carbocycles. The summed E-state index contributed by atoms with van der Waals surface area (Å²) < 4.78 is 3.30. The predicted octanol–water partition coefficient (Wildman–Crippen LogP) is 2.18. The van der Waals surface area contributed by atoms with Crippen molar-refractivity contribution in [1.29, 1.82) is 0 Å². The van der Waals surface area contributed by atoms with Crippen LogP contribution in [-0.2, 0) is 22.7 Å². The standard InChI is InChI=1S/C23H32N4O4S/c1-15(2)24-21(29)17-7-5-16(6-8-17)13-27-22(30)20-18(9-12-32-20)26(23(27)31)14-19(28)25-10-3-4-11-25/h9,12,15-17H,3-8,10-11,13-14H2,1-2H3,(H,24,29). The first kappa shape index (κ1) is 22.8. The minimum atomic E-state index is -0.409. The Morgan fingerprint density at radius 3 is 2.44 bits per heavy atom. The third-order valence-electron chi connectivity index (χ3n) is 6.68. The molecule has 0 spiro atoms. The maximum atomic E-state index is 13.3. The lowest BCUT2D eigenvalue weighted by molar-refractivity contribution is -0.130. The van der Waals surface area contributed by atoms with E-state index in [2.05, 4.69) is 5.32 Å². The third-order valence-corrected chi connectivity index (χ3v) is 7.57. The van der Waals surface area contributed by atoms with Crippen molar-refractivity contribution in [1.82, 2.24) is 19.4 Å². The van der Waals surface area contributed by atoms with E-state index in [9.17, 15) is 19.2 Å². The molecule has 1 saturated carbocycles. The van der Waals surface area contributed by atoms with Crippen LogP contribution in [-0.4, -0.2) is 45.0 Å². The maximum Gasteiger partial charge on any atom is 0.332 e. The number of hydrogen-bond acceptors (Lipinski definition) is 5. The van der Waals surface area contributed by atoms with E-state index >= 15 is 0 Å². The van der Waals surface area contributed by atoms with Crippen molar-refractivity contribution in [2.24, 2.45) is 11.8 Å². The molecule has 8 nitrogen and oxygen atoms in total. The topological polar surface area (TPSA) is 93.4 Å². The van der Waals surface area contributed by atoms with E-state index in [0.717, 1.165) is 51.6 Å². The first-order chi connectivity index (χ1) is 15.3. The van der Waals surface area contributed by atoms with Gasteiger partial charge in [0.25, 0.3) is 5.56 Å². The van der Waals surface area contributed by atoms with Crippen molar-refractivity contribution in [2.45, 2.75) is 71.5 Å². The summed E-state index contributed by atoms with van der Waals surface area (Å²) in [5.74, 6) is 0.195. The third kappa shape index (κ3) is 4.67. The Labute approximate surface area is 191 Å². The number of nitrogens with zero attached hydrogens (tertiary/aromatic N) is 3. The van der Waals surface area contributed by atoms with Crippen LogP contribution in [0.1, 0.15) is 52.4 Å². The largest absolute Gasteiger partial charge is 0.354 e. The van der Waals surface area contributed by atoms with Gasteiger partial charge in [-0.1, -0.05) is 0 Å². The Morgan fingerprint density at radius 2 is 1.78 bits per heavy atom. The number of aromatic nitrogens is 2. The highest BCUT2D eigenvalue weighted by molar-refractivity contribution is 7.17. The molecule has 174 valence electrons. The Balaban J connectivity index is 1.53. The molecule has 3 heterocycles. The molecule has 2 aromatic heterocycles. The average molecular weight is 461 g/mol. The number of rotatable bonds is 6. The summed E-state index contributed by atoms with van der Waals surface area (Å²) in [4.78, 5) is 53.2. The SMILES string of the molecule is CC(C)NC(=O)C1CCC(Cn2c(=O)c3sccc3n(CC(=O)N3CCCC3)c2=O)CC1. The molecule has 2 amide bonds. The molecule has 4 rings (SSSR count). The van der Waals surface area contributed by atoms with Crippen LogP contribution in [0.15, 0.2) is 21.0 Å². The lowest BCUT2D eigenvalue weighted by atomic mass is 9.81. The number of carbonyl (C=O) groups excluding carboxylic acids is 2. The van der Waals surface area contributed by atoms with Crippen molar-refractivity contribution >= 4 is 33.4 Å². The molecule has 9 heteroatoms. The van der Waals surface area contributed by atoms with Gasteiger partial charge in [-0.25, -0.2) is 4.79 Å². The van der Waals surface area contributed by atoms with E-state index in [1.807, 2.05) is 13.8 Å². The molecule has 0 atom stereocenters. The second-order valence-corrected chi connectivity index (χ2v) is 10.3.